The predicted octanol–water partition coefficient (Wildman–Crippen LogP) is 1.12. The first-order valence-corrected chi connectivity index (χ1v) is 7.27. The Balaban J connectivity index is 1.74. The molecule has 2 heterocycles. The first-order valence-electron chi connectivity index (χ1n) is 6.39. The average Bonchev–Trinajstić information content (AvgIpc) is 3.13. The smallest absolute Gasteiger partial charge is 0.309 e. The van der Waals surface area contributed by atoms with Gasteiger partial charge in [-0.3, -0.25) is 9.59 Å². The number of carbonyl (C=O) groups is 2. The van der Waals surface area contributed by atoms with Crippen LogP contribution in [0.2, 0.25) is 0 Å². The molecule has 0 spiro atoms. The third-order valence-corrected chi connectivity index (χ3v) is 3.63. The normalized spacial score (nSPS) is 11.9. The standard InChI is InChI=1S/C14H16N2O4S/c1-9-4-5-12(20-9)11(17)8-16-14(19)13(18)15-7-10-3-2-6-21-10/h2-6,11,17H,7-8H2,1H3,(H,15,18)(H,16,19). The Morgan fingerprint density at radius 2 is 2.05 bits per heavy atom. The molecule has 3 N–H and O–H groups in total. The fourth-order valence-corrected chi connectivity index (χ4v) is 2.31. The van der Waals surface area contributed by atoms with E-state index in [1.165, 1.54) is 11.3 Å². The predicted molar refractivity (Wildman–Crippen MR) is 77.6 cm³/mol. The second kappa shape index (κ2) is 7.05. The second-order valence-electron chi connectivity index (χ2n) is 4.44. The summed E-state index contributed by atoms with van der Waals surface area (Å²) >= 11 is 1.50. The lowest BCUT2D eigenvalue weighted by atomic mass is 10.2. The second-order valence-corrected chi connectivity index (χ2v) is 5.47. The van der Waals surface area contributed by atoms with E-state index in [0.29, 0.717) is 18.1 Å². The number of rotatable bonds is 5. The van der Waals surface area contributed by atoms with Crippen LogP contribution in [0.15, 0.2) is 34.1 Å². The number of aliphatic hydroxyl groups excluding tert-OH is 1. The Bertz CT molecular complexity index is 606. The van der Waals surface area contributed by atoms with E-state index in [4.69, 9.17) is 4.42 Å². The summed E-state index contributed by atoms with van der Waals surface area (Å²) < 4.78 is 5.23. The van der Waals surface area contributed by atoms with Crippen LogP contribution in [0, 0.1) is 6.92 Å². The number of thiophene rings is 1. The van der Waals surface area contributed by atoms with Gasteiger partial charge in [-0.05, 0) is 30.5 Å². The first kappa shape index (κ1) is 15.3. The van der Waals surface area contributed by atoms with Crippen LogP contribution in [0.4, 0.5) is 0 Å². The lowest BCUT2D eigenvalue weighted by Crippen LogP contribution is -2.41. The van der Waals surface area contributed by atoms with Gasteiger partial charge in [0, 0.05) is 4.88 Å². The van der Waals surface area contributed by atoms with Crippen molar-refractivity contribution in [1.82, 2.24) is 10.6 Å². The molecule has 0 aliphatic carbocycles. The molecule has 6 nitrogen and oxygen atoms in total. The monoisotopic (exact) mass is 308 g/mol. The molecule has 2 aromatic heterocycles. The summed E-state index contributed by atoms with van der Waals surface area (Å²) in [5.41, 5.74) is 0. The first-order chi connectivity index (χ1) is 10.1. The molecule has 2 amide bonds. The molecule has 0 aliphatic heterocycles. The summed E-state index contributed by atoms with van der Waals surface area (Å²) in [6.07, 6.45) is -0.979. The number of hydrogen-bond donors (Lipinski definition) is 3. The maximum Gasteiger partial charge on any atom is 0.309 e. The number of hydrogen-bond acceptors (Lipinski definition) is 5. The molecule has 2 rings (SSSR count). The van der Waals surface area contributed by atoms with Crippen molar-refractivity contribution in [3.05, 3.63) is 46.0 Å². The third kappa shape index (κ3) is 4.44. The van der Waals surface area contributed by atoms with Crippen LogP contribution in [0.3, 0.4) is 0 Å². The molecule has 112 valence electrons. The number of nitrogens with one attached hydrogen (secondary N) is 2. The van der Waals surface area contributed by atoms with Gasteiger partial charge in [0.25, 0.3) is 0 Å². The molecule has 0 bridgehead atoms. The molecule has 0 fully saturated rings. The highest BCUT2D eigenvalue weighted by atomic mass is 32.1. The van der Waals surface area contributed by atoms with Gasteiger partial charge in [0.1, 0.15) is 17.6 Å². The van der Waals surface area contributed by atoms with Gasteiger partial charge in [0.15, 0.2) is 0 Å². The molecular formula is C14H16N2O4S. The van der Waals surface area contributed by atoms with Gasteiger partial charge in [-0.15, -0.1) is 11.3 Å². The summed E-state index contributed by atoms with van der Waals surface area (Å²) in [4.78, 5) is 24.1. The Kier molecular flexibility index (Phi) is 5.13. The quantitative estimate of drug-likeness (QED) is 0.722. The van der Waals surface area contributed by atoms with Gasteiger partial charge in [0.2, 0.25) is 0 Å². The molecule has 1 atom stereocenters. The number of aliphatic hydroxyl groups is 1. The van der Waals surface area contributed by atoms with E-state index in [1.54, 1.807) is 19.1 Å². The van der Waals surface area contributed by atoms with Crippen molar-refractivity contribution in [2.24, 2.45) is 0 Å². The molecular weight excluding hydrogens is 292 g/mol. The van der Waals surface area contributed by atoms with Crippen molar-refractivity contribution in [3.63, 3.8) is 0 Å². The molecule has 0 saturated carbocycles. The van der Waals surface area contributed by atoms with E-state index in [-0.39, 0.29) is 6.54 Å². The largest absolute Gasteiger partial charge is 0.464 e. The van der Waals surface area contributed by atoms with Crippen LogP contribution >= 0.6 is 11.3 Å². The third-order valence-electron chi connectivity index (χ3n) is 2.76. The average molecular weight is 308 g/mol. The zero-order chi connectivity index (χ0) is 15.2. The van der Waals surface area contributed by atoms with Crippen LogP contribution in [0.1, 0.15) is 22.5 Å². The summed E-state index contributed by atoms with van der Waals surface area (Å²) in [5.74, 6) is -0.490. The Labute approximate surface area is 125 Å². The highest BCUT2D eigenvalue weighted by Crippen LogP contribution is 2.14. The fourth-order valence-electron chi connectivity index (χ4n) is 1.66. The maximum absolute atomic E-state index is 11.6. The number of aryl methyl sites for hydroxylation is 1. The summed E-state index contributed by atoms with van der Waals surface area (Å²) in [6.45, 7) is 1.98. The lowest BCUT2D eigenvalue weighted by Gasteiger charge is -2.09. The van der Waals surface area contributed by atoms with Crippen molar-refractivity contribution in [2.45, 2.75) is 19.6 Å². The SMILES string of the molecule is Cc1ccc(C(O)CNC(=O)C(=O)NCc2cccs2)o1. The fraction of sp³-hybridized carbons (Fsp3) is 0.286. The van der Waals surface area contributed by atoms with E-state index < -0.39 is 17.9 Å². The van der Waals surface area contributed by atoms with Crippen LogP contribution in [-0.4, -0.2) is 23.5 Å². The molecule has 0 saturated heterocycles. The van der Waals surface area contributed by atoms with Gasteiger partial charge >= 0.3 is 11.8 Å². The topological polar surface area (TPSA) is 91.6 Å². The molecule has 7 heteroatoms. The summed E-state index contributed by atoms with van der Waals surface area (Å²) in [7, 11) is 0. The van der Waals surface area contributed by atoms with Crippen molar-refractivity contribution in [1.29, 1.82) is 0 Å². The Morgan fingerprint density at radius 3 is 2.67 bits per heavy atom. The molecule has 0 aromatic carbocycles. The lowest BCUT2D eigenvalue weighted by molar-refractivity contribution is -0.139. The highest BCUT2D eigenvalue weighted by Gasteiger charge is 2.17. The van der Waals surface area contributed by atoms with Gasteiger partial charge in [-0.25, -0.2) is 0 Å². The number of furan rings is 1. The van der Waals surface area contributed by atoms with Crippen LogP contribution in [-0.2, 0) is 16.1 Å². The van der Waals surface area contributed by atoms with E-state index in [9.17, 15) is 14.7 Å². The van der Waals surface area contributed by atoms with Crippen molar-refractivity contribution in [3.8, 4) is 0 Å². The van der Waals surface area contributed by atoms with Gasteiger partial charge in [-0.1, -0.05) is 6.07 Å². The van der Waals surface area contributed by atoms with Crippen LogP contribution in [0.25, 0.3) is 0 Å². The van der Waals surface area contributed by atoms with Gasteiger partial charge in [0.05, 0.1) is 13.1 Å². The summed E-state index contributed by atoms with van der Waals surface area (Å²) in [5, 5.41) is 16.6. The number of carbonyl (C=O) groups excluding carboxylic acids is 2. The zero-order valence-corrected chi connectivity index (χ0v) is 12.3. The van der Waals surface area contributed by atoms with Crippen LogP contribution in [0.5, 0.6) is 0 Å². The van der Waals surface area contributed by atoms with Crippen molar-refractivity contribution in [2.75, 3.05) is 6.54 Å². The van der Waals surface area contributed by atoms with Crippen molar-refractivity contribution < 1.29 is 19.1 Å². The van der Waals surface area contributed by atoms with E-state index in [1.807, 2.05) is 17.5 Å². The van der Waals surface area contributed by atoms with Gasteiger partial charge in [-0.2, -0.15) is 0 Å². The zero-order valence-electron chi connectivity index (χ0n) is 11.5. The molecule has 1 unspecified atom stereocenters. The highest BCUT2D eigenvalue weighted by molar-refractivity contribution is 7.09. The Morgan fingerprint density at radius 1 is 1.29 bits per heavy atom. The molecule has 0 aliphatic rings. The van der Waals surface area contributed by atoms with E-state index >= 15 is 0 Å². The van der Waals surface area contributed by atoms with Crippen LogP contribution < -0.4 is 10.6 Å². The number of amides is 2. The Hall–Kier alpha value is -2.12. The van der Waals surface area contributed by atoms with Gasteiger partial charge < -0.3 is 20.2 Å². The minimum absolute atomic E-state index is 0.0851. The molecule has 0 radical (unpaired) electrons. The maximum atomic E-state index is 11.6. The minimum Gasteiger partial charge on any atom is -0.464 e. The minimum atomic E-state index is -0.979. The van der Waals surface area contributed by atoms with E-state index in [0.717, 1.165) is 4.88 Å². The van der Waals surface area contributed by atoms with Crippen molar-refractivity contribution >= 4 is 23.2 Å². The molecule has 2 aromatic rings. The summed E-state index contributed by atoms with van der Waals surface area (Å²) in [6, 6.07) is 7.08. The van der Waals surface area contributed by atoms with E-state index in [2.05, 4.69) is 10.6 Å². The molecule has 21 heavy (non-hydrogen) atoms.